The van der Waals surface area contributed by atoms with Crippen LogP contribution < -0.4 is 0 Å². The molecule has 0 spiro atoms. The Morgan fingerprint density at radius 2 is 1.93 bits per heavy atom. The fourth-order valence-corrected chi connectivity index (χ4v) is 1.39. The van der Waals surface area contributed by atoms with Gasteiger partial charge in [-0.15, -0.1) is 6.58 Å². The fourth-order valence-electron chi connectivity index (χ4n) is 1.39. The van der Waals surface area contributed by atoms with Gasteiger partial charge in [-0.25, -0.2) is 0 Å². The van der Waals surface area contributed by atoms with Crippen LogP contribution in [0.25, 0.3) is 0 Å². The van der Waals surface area contributed by atoms with Crippen LogP contribution in [-0.2, 0) is 0 Å². The lowest BCUT2D eigenvalue weighted by molar-refractivity contribution is 0.387. The molecule has 0 aliphatic rings. The van der Waals surface area contributed by atoms with Crippen molar-refractivity contribution in [3.8, 4) is 0 Å². The van der Waals surface area contributed by atoms with Crippen molar-refractivity contribution in [3.63, 3.8) is 0 Å². The van der Waals surface area contributed by atoms with Gasteiger partial charge in [-0.05, 0) is 17.4 Å². The zero-order valence-corrected chi connectivity index (χ0v) is 9.61. The van der Waals surface area contributed by atoms with Gasteiger partial charge < -0.3 is 0 Å². The molecule has 0 aliphatic carbocycles. The number of hydrogen-bond acceptors (Lipinski definition) is 1. The summed E-state index contributed by atoms with van der Waals surface area (Å²) in [4.78, 5) is 4.46. The van der Waals surface area contributed by atoms with E-state index in [-0.39, 0.29) is 5.41 Å². The van der Waals surface area contributed by atoms with E-state index in [2.05, 4.69) is 37.6 Å². The monoisotopic (exact) mass is 201 g/mol. The molecule has 0 saturated carbocycles. The second-order valence-electron chi connectivity index (χ2n) is 4.54. The Labute approximate surface area is 92.6 Å². The van der Waals surface area contributed by atoms with Gasteiger partial charge in [0.25, 0.3) is 0 Å². The number of rotatable bonds is 5. The highest BCUT2D eigenvalue weighted by molar-refractivity contribution is 5.79. The Kier molecular flexibility index (Phi) is 4.29. The Morgan fingerprint density at radius 3 is 2.53 bits per heavy atom. The summed E-state index contributed by atoms with van der Waals surface area (Å²) in [5.41, 5.74) is 1.37. The first kappa shape index (κ1) is 11.7. The van der Waals surface area contributed by atoms with E-state index in [1.54, 1.807) is 0 Å². The van der Waals surface area contributed by atoms with Gasteiger partial charge in [-0.2, -0.15) is 0 Å². The van der Waals surface area contributed by atoms with Gasteiger partial charge in [-0.3, -0.25) is 4.99 Å². The van der Waals surface area contributed by atoms with Gasteiger partial charge in [0.2, 0.25) is 0 Å². The topological polar surface area (TPSA) is 12.4 Å². The van der Waals surface area contributed by atoms with E-state index in [9.17, 15) is 0 Å². The van der Waals surface area contributed by atoms with Crippen LogP contribution in [0.2, 0.25) is 0 Å². The molecule has 0 bridgehead atoms. The summed E-state index contributed by atoms with van der Waals surface area (Å²) in [6, 6.07) is 10.2. The molecule has 0 atom stereocenters. The van der Waals surface area contributed by atoms with Gasteiger partial charge in [0, 0.05) is 12.8 Å². The summed E-state index contributed by atoms with van der Waals surface area (Å²) in [5.74, 6) is 0. The molecule has 0 N–H and O–H groups in total. The van der Waals surface area contributed by atoms with Crippen molar-refractivity contribution in [1.82, 2.24) is 0 Å². The third-order valence-corrected chi connectivity index (χ3v) is 2.26. The maximum atomic E-state index is 4.46. The van der Waals surface area contributed by atoms with Crippen molar-refractivity contribution in [2.75, 3.05) is 6.54 Å². The summed E-state index contributed by atoms with van der Waals surface area (Å²) in [5, 5.41) is 0. The molecule has 0 aromatic heterocycles. The minimum atomic E-state index is 0.215. The third-order valence-electron chi connectivity index (χ3n) is 2.26. The predicted octanol–water partition coefficient (Wildman–Crippen LogP) is 3.71. The quantitative estimate of drug-likeness (QED) is 0.508. The van der Waals surface area contributed by atoms with E-state index in [0.29, 0.717) is 0 Å². The number of allylic oxidation sites excluding steroid dienone is 1. The van der Waals surface area contributed by atoms with Gasteiger partial charge in [-0.1, -0.05) is 50.3 Å². The molecule has 0 unspecified atom stereocenters. The predicted molar refractivity (Wildman–Crippen MR) is 67.5 cm³/mol. The minimum Gasteiger partial charge on any atom is -0.292 e. The normalized spacial score (nSPS) is 11.9. The summed E-state index contributed by atoms with van der Waals surface area (Å²) < 4.78 is 0. The standard InChI is InChI=1S/C14H19N/c1-4-10-14(2,3)12-15-11-13-8-6-5-7-9-13/h4-9,11H,1,10,12H2,2-3H3. The van der Waals surface area contributed by atoms with Gasteiger partial charge in [0.1, 0.15) is 0 Å². The van der Waals surface area contributed by atoms with Crippen molar-refractivity contribution in [3.05, 3.63) is 48.6 Å². The van der Waals surface area contributed by atoms with E-state index >= 15 is 0 Å². The Morgan fingerprint density at radius 1 is 1.27 bits per heavy atom. The molecule has 1 rings (SSSR count). The molecule has 1 aromatic rings. The van der Waals surface area contributed by atoms with Crippen molar-refractivity contribution >= 4 is 6.21 Å². The second-order valence-corrected chi connectivity index (χ2v) is 4.54. The van der Waals surface area contributed by atoms with Gasteiger partial charge >= 0.3 is 0 Å². The molecular weight excluding hydrogens is 182 g/mol. The third kappa shape index (κ3) is 4.59. The smallest absolute Gasteiger partial charge is 0.0443 e. The Bertz CT molecular complexity index is 322. The molecule has 1 aromatic carbocycles. The molecule has 1 nitrogen and oxygen atoms in total. The number of nitrogens with zero attached hydrogens (tertiary/aromatic N) is 1. The summed E-state index contributed by atoms with van der Waals surface area (Å²) in [6.07, 6.45) is 4.89. The lowest BCUT2D eigenvalue weighted by atomic mass is 9.90. The SMILES string of the molecule is C=CCC(C)(C)CN=Cc1ccccc1. The highest BCUT2D eigenvalue weighted by atomic mass is 14.7. The first-order valence-electron chi connectivity index (χ1n) is 5.30. The molecule has 0 saturated heterocycles. The summed E-state index contributed by atoms with van der Waals surface area (Å²) >= 11 is 0. The van der Waals surface area contributed by atoms with Crippen LogP contribution in [0, 0.1) is 5.41 Å². The molecule has 0 radical (unpaired) electrons. The van der Waals surface area contributed by atoms with Crippen LogP contribution in [0.5, 0.6) is 0 Å². The van der Waals surface area contributed by atoms with E-state index in [1.165, 1.54) is 0 Å². The number of benzene rings is 1. The second kappa shape index (κ2) is 5.50. The zero-order chi connectivity index (χ0) is 11.1. The average Bonchev–Trinajstić information content (AvgIpc) is 2.19. The van der Waals surface area contributed by atoms with E-state index in [0.717, 1.165) is 18.5 Å². The van der Waals surface area contributed by atoms with Crippen LogP contribution in [0.15, 0.2) is 48.0 Å². The molecule has 0 amide bonds. The Hall–Kier alpha value is -1.37. The first-order chi connectivity index (χ1) is 7.14. The van der Waals surface area contributed by atoms with Crippen molar-refractivity contribution in [2.45, 2.75) is 20.3 Å². The maximum absolute atomic E-state index is 4.46. The van der Waals surface area contributed by atoms with E-state index < -0.39 is 0 Å². The van der Waals surface area contributed by atoms with Gasteiger partial charge in [0.15, 0.2) is 0 Å². The molecule has 0 heterocycles. The summed E-state index contributed by atoms with van der Waals surface area (Å²) in [7, 11) is 0. The molecular formula is C14H19N. The lowest BCUT2D eigenvalue weighted by Gasteiger charge is -2.19. The van der Waals surface area contributed by atoms with E-state index in [4.69, 9.17) is 0 Å². The maximum Gasteiger partial charge on any atom is 0.0443 e. The molecule has 0 fully saturated rings. The van der Waals surface area contributed by atoms with Crippen LogP contribution in [-0.4, -0.2) is 12.8 Å². The lowest BCUT2D eigenvalue weighted by Crippen LogP contribution is -2.14. The first-order valence-corrected chi connectivity index (χ1v) is 5.30. The molecule has 1 heteroatoms. The Balaban J connectivity index is 2.50. The van der Waals surface area contributed by atoms with E-state index in [1.807, 2.05) is 30.5 Å². The fraction of sp³-hybridized carbons (Fsp3) is 0.357. The van der Waals surface area contributed by atoms with Crippen LogP contribution >= 0.6 is 0 Å². The largest absolute Gasteiger partial charge is 0.292 e. The average molecular weight is 201 g/mol. The van der Waals surface area contributed by atoms with Crippen LogP contribution in [0.3, 0.4) is 0 Å². The van der Waals surface area contributed by atoms with Crippen LogP contribution in [0.1, 0.15) is 25.8 Å². The molecule has 0 aliphatic heterocycles. The number of aliphatic imine (C=N–C) groups is 1. The zero-order valence-electron chi connectivity index (χ0n) is 9.61. The minimum absolute atomic E-state index is 0.215. The highest BCUT2D eigenvalue weighted by Gasteiger charge is 2.13. The number of hydrogen-bond donors (Lipinski definition) is 0. The van der Waals surface area contributed by atoms with Gasteiger partial charge in [0.05, 0.1) is 0 Å². The van der Waals surface area contributed by atoms with Crippen molar-refractivity contribution in [2.24, 2.45) is 10.4 Å². The highest BCUT2D eigenvalue weighted by Crippen LogP contribution is 2.20. The van der Waals surface area contributed by atoms with Crippen LogP contribution in [0.4, 0.5) is 0 Å². The van der Waals surface area contributed by atoms with Crippen molar-refractivity contribution < 1.29 is 0 Å². The molecule has 15 heavy (non-hydrogen) atoms. The summed E-state index contributed by atoms with van der Waals surface area (Å²) in [6.45, 7) is 9.01. The van der Waals surface area contributed by atoms with Crippen molar-refractivity contribution in [1.29, 1.82) is 0 Å². The molecule has 80 valence electrons.